The lowest BCUT2D eigenvalue weighted by Crippen LogP contribution is -1.92. The zero-order valence-corrected chi connectivity index (χ0v) is 11.1. The number of hydrogen-bond donors (Lipinski definition) is 1. The standard InChI is InChI=1S/C16H15NO3/c1-18-12-5-2-10(3-6-12)15-16(17-15)11-4-7-13-14(8-11)20-9-19-13/h2-8,15-17H,9H2,1H3/t15-,16-/m1/s1. The lowest BCUT2D eigenvalue weighted by Gasteiger charge is -2.03. The molecule has 4 nitrogen and oxygen atoms in total. The lowest BCUT2D eigenvalue weighted by molar-refractivity contribution is 0.174. The van der Waals surface area contributed by atoms with Gasteiger partial charge < -0.3 is 14.2 Å². The highest BCUT2D eigenvalue weighted by Gasteiger charge is 2.39. The van der Waals surface area contributed by atoms with Crippen LogP contribution in [0.15, 0.2) is 42.5 Å². The fraction of sp³-hybridized carbons (Fsp3) is 0.250. The average molecular weight is 269 g/mol. The third-order valence-electron chi connectivity index (χ3n) is 3.81. The Bertz CT molecular complexity index is 639. The van der Waals surface area contributed by atoms with Crippen molar-refractivity contribution in [2.24, 2.45) is 0 Å². The molecular formula is C16H15NO3. The summed E-state index contributed by atoms with van der Waals surface area (Å²) >= 11 is 0. The maximum absolute atomic E-state index is 5.42. The van der Waals surface area contributed by atoms with Crippen LogP contribution in [0.1, 0.15) is 23.2 Å². The summed E-state index contributed by atoms with van der Waals surface area (Å²) in [5, 5.41) is 3.49. The topological polar surface area (TPSA) is 49.6 Å². The van der Waals surface area contributed by atoms with E-state index >= 15 is 0 Å². The highest BCUT2D eigenvalue weighted by molar-refractivity contribution is 5.47. The van der Waals surface area contributed by atoms with Gasteiger partial charge in [-0.05, 0) is 35.4 Å². The Hall–Kier alpha value is -2.20. The summed E-state index contributed by atoms with van der Waals surface area (Å²) in [6, 6.07) is 15.0. The number of nitrogens with one attached hydrogen (secondary N) is 1. The summed E-state index contributed by atoms with van der Waals surface area (Å²) in [5.74, 6) is 2.55. The van der Waals surface area contributed by atoms with E-state index in [1.807, 2.05) is 18.2 Å². The molecule has 2 aliphatic rings. The van der Waals surface area contributed by atoms with Crippen LogP contribution in [0.3, 0.4) is 0 Å². The first-order chi connectivity index (χ1) is 9.85. The van der Waals surface area contributed by atoms with Gasteiger partial charge in [0.2, 0.25) is 6.79 Å². The molecule has 0 amide bonds. The van der Waals surface area contributed by atoms with Crippen LogP contribution in [-0.4, -0.2) is 13.9 Å². The quantitative estimate of drug-likeness (QED) is 0.870. The van der Waals surface area contributed by atoms with Crippen molar-refractivity contribution in [3.8, 4) is 17.2 Å². The minimum Gasteiger partial charge on any atom is -0.497 e. The number of methoxy groups -OCH3 is 1. The van der Waals surface area contributed by atoms with Crippen molar-refractivity contribution in [1.82, 2.24) is 5.32 Å². The lowest BCUT2D eigenvalue weighted by atomic mass is 10.0. The van der Waals surface area contributed by atoms with Crippen LogP contribution in [0.2, 0.25) is 0 Å². The van der Waals surface area contributed by atoms with Crippen LogP contribution in [-0.2, 0) is 0 Å². The summed E-state index contributed by atoms with van der Waals surface area (Å²) in [6.07, 6.45) is 0. The number of benzene rings is 2. The van der Waals surface area contributed by atoms with Crippen LogP contribution in [0.5, 0.6) is 17.2 Å². The summed E-state index contributed by atoms with van der Waals surface area (Å²) in [4.78, 5) is 0. The highest BCUT2D eigenvalue weighted by Crippen LogP contribution is 2.45. The highest BCUT2D eigenvalue weighted by atomic mass is 16.7. The fourth-order valence-electron chi connectivity index (χ4n) is 2.63. The first kappa shape index (κ1) is 11.6. The Balaban J connectivity index is 1.54. The van der Waals surface area contributed by atoms with Gasteiger partial charge in [-0.3, -0.25) is 5.32 Å². The SMILES string of the molecule is COc1ccc([C@H]2N[C@@H]2c2ccc3c(c2)OCO3)cc1. The minimum atomic E-state index is 0.318. The maximum atomic E-state index is 5.42. The molecule has 2 aromatic carbocycles. The van der Waals surface area contributed by atoms with Crippen molar-refractivity contribution in [1.29, 1.82) is 0 Å². The van der Waals surface area contributed by atoms with Crippen LogP contribution in [0, 0.1) is 0 Å². The van der Waals surface area contributed by atoms with Crippen molar-refractivity contribution in [2.45, 2.75) is 12.1 Å². The molecule has 20 heavy (non-hydrogen) atoms. The van der Waals surface area contributed by atoms with E-state index in [1.165, 1.54) is 11.1 Å². The summed E-state index contributed by atoms with van der Waals surface area (Å²) in [7, 11) is 1.68. The summed E-state index contributed by atoms with van der Waals surface area (Å²) in [6.45, 7) is 0.318. The van der Waals surface area contributed by atoms with E-state index in [-0.39, 0.29) is 0 Å². The molecule has 0 radical (unpaired) electrons. The second kappa shape index (κ2) is 4.42. The molecule has 4 rings (SSSR count). The number of hydrogen-bond acceptors (Lipinski definition) is 4. The van der Waals surface area contributed by atoms with Gasteiger partial charge in [-0.1, -0.05) is 18.2 Å². The van der Waals surface area contributed by atoms with Crippen molar-refractivity contribution in [2.75, 3.05) is 13.9 Å². The van der Waals surface area contributed by atoms with Crippen LogP contribution in [0.25, 0.3) is 0 Å². The van der Waals surface area contributed by atoms with E-state index in [0.717, 1.165) is 17.2 Å². The Kier molecular flexibility index (Phi) is 2.57. The predicted octanol–water partition coefficient (Wildman–Crippen LogP) is 2.81. The first-order valence-electron chi connectivity index (χ1n) is 6.65. The Labute approximate surface area is 117 Å². The normalized spacial score (nSPS) is 22.6. The van der Waals surface area contributed by atoms with E-state index in [1.54, 1.807) is 7.11 Å². The van der Waals surface area contributed by atoms with Crippen molar-refractivity contribution < 1.29 is 14.2 Å². The molecule has 0 aromatic heterocycles. The van der Waals surface area contributed by atoms with Gasteiger partial charge in [0.1, 0.15) is 5.75 Å². The molecule has 2 heterocycles. The van der Waals surface area contributed by atoms with Crippen LogP contribution >= 0.6 is 0 Å². The van der Waals surface area contributed by atoms with Crippen LogP contribution < -0.4 is 19.5 Å². The van der Waals surface area contributed by atoms with Crippen molar-refractivity contribution >= 4 is 0 Å². The fourth-order valence-corrected chi connectivity index (χ4v) is 2.63. The zero-order valence-electron chi connectivity index (χ0n) is 11.1. The molecule has 0 aliphatic carbocycles. The molecule has 2 aromatic rings. The number of rotatable bonds is 3. The van der Waals surface area contributed by atoms with Gasteiger partial charge in [-0.2, -0.15) is 0 Å². The second-order valence-corrected chi connectivity index (χ2v) is 5.01. The van der Waals surface area contributed by atoms with Gasteiger partial charge >= 0.3 is 0 Å². The van der Waals surface area contributed by atoms with Crippen molar-refractivity contribution in [3.63, 3.8) is 0 Å². The van der Waals surface area contributed by atoms with Gasteiger partial charge in [0, 0.05) is 0 Å². The molecule has 1 fully saturated rings. The van der Waals surface area contributed by atoms with E-state index in [4.69, 9.17) is 14.2 Å². The van der Waals surface area contributed by atoms with Crippen molar-refractivity contribution in [3.05, 3.63) is 53.6 Å². The molecule has 0 bridgehead atoms. The summed E-state index contributed by atoms with van der Waals surface area (Å²) < 4.78 is 15.9. The molecule has 2 atom stereocenters. The smallest absolute Gasteiger partial charge is 0.231 e. The molecule has 0 saturated carbocycles. The average Bonchev–Trinajstić information content (AvgIpc) is 3.17. The minimum absolute atomic E-state index is 0.318. The van der Waals surface area contributed by atoms with Crippen LogP contribution in [0.4, 0.5) is 0 Å². The second-order valence-electron chi connectivity index (χ2n) is 5.01. The maximum Gasteiger partial charge on any atom is 0.231 e. The number of fused-ring (bicyclic) bond motifs is 1. The van der Waals surface area contributed by atoms with E-state index in [2.05, 4.69) is 29.6 Å². The molecule has 102 valence electrons. The predicted molar refractivity (Wildman–Crippen MR) is 74.2 cm³/mol. The van der Waals surface area contributed by atoms with E-state index in [0.29, 0.717) is 18.9 Å². The largest absolute Gasteiger partial charge is 0.497 e. The molecule has 2 aliphatic heterocycles. The first-order valence-corrected chi connectivity index (χ1v) is 6.65. The monoisotopic (exact) mass is 269 g/mol. The van der Waals surface area contributed by atoms with Gasteiger partial charge in [0.05, 0.1) is 19.2 Å². The summed E-state index contributed by atoms with van der Waals surface area (Å²) in [5.41, 5.74) is 2.50. The zero-order chi connectivity index (χ0) is 13.5. The van der Waals surface area contributed by atoms with Gasteiger partial charge in [-0.25, -0.2) is 0 Å². The van der Waals surface area contributed by atoms with Gasteiger partial charge in [0.25, 0.3) is 0 Å². The Morgan fingerprint density at radius 2 is 1.65 bits per heavy atom. The molecule has 0 unspecified atom stereocenters. The molecule has 4 heteroatoms. The van der Waals surface area contributed by atoms with E-state index in [9.17, 15) is 0 Å². The Morgan fingerprint density at radius 3 is 2.45 bits per heavy atom. The van der Waals surface area contributed by atoms with E-state index < -0.39 is 0 Å². The molecule has 0 spiro atoms. The third-order valence-corrected chi connectivity index (χ3v) is 3.81. The van der Waals surface area contributed by atoms with Gasteiger partial charge in [0.15, 0.2) is 11.5 Å². The number of ether oxygens (including phenoxy) is 3. The van der Waals surface area contributed by atoms with Gasteiger partial charge in [-0.15, -0.1) is 0 Å². The molecule has 1 N–H and O–H groups in total. The Morgan fingerprint density at radius 1 is 0.950 bits per heavy atom. The molecule has 1 saturated heterocycles. The molecular weight excluding hydrogens is 254 g/mol. The third kappa shape index (κ3) is 1.89.